The van der Waals surface area contributed by atoms with Gasteiger partial charge >= 0.3 is 0 Å². The average Bonchev–Trinajstić information content (AvgIpc) is 2.28. The lowest BCUT2D eigenvalue weighted by Crippen LogP contribution is -2.29. The van der Waals surface area contributed by atoms with Crippen molar-refractivity contribution in [1.82, 2.24) is 0 Å². The minimum Gasteiger partial charge on any atom is -0.330 e. The van der Waals surface area contributed by atoms with Crippen molar-refractivity contribution in [1.29, 1.82) is 0 Å². The van der Waals surface area contributed by atoms with E-state index in [0.29, 0.717) is 13.0 Å². The molecule has 0 fully saturated rings. The molecule has 0 amide bonds. The lowest BCUT2D eigenvalue weighted by atomic mass is 10.1. The highest BCUT2D eigenvalue weighted by Gasteiger charge is 2.19. The van der Waals surface area contributed by atoms with E-state index in [1.165, 1.54) is 4.31 Å². The zero-order valence-corrected chi connectivity index (χ0v) is 12.1. The fraction of sp³-hybridized carbons (Fsp3) is 0.538. The molecule has 1 aromatic carbocycles. The summed E-state index contributed by atoms with van der Waals surface area (Å²) < 4.78 is 25.6. The van der Waals surface area contributed by atoms with Gasteiger partial charge in [0.05, 0.1) is 11.4 Å². The summed E-state index contributed by atoms with van der Waals surface area (Å²) in [6, 6.07) is 5.76. The van der Waals surface area contributed by atoms with Crippen LogP contribution in [0.4, 0.5) is 5.69 Å². The highest BCUT2D eigenvalue weighted by molar-refractivity contribution is 7.92. The van der Waals surface area contributed by atoms with Gasteiger partial charge in [-0.25, -0.2) is 8.42 Å². The summed E-state index contributed by atoms with van der Waals surface area (Å²) >= 11 is 0. The quantitative estimate of drug-likeness (QED) is 0.802. The maximum absolute atomic E-state index is 12.1. The van der Waals surface area contributed by atoms with Crippen LogP contribution < -0.4 is 10.0 Å². The van der Waals surface area contributed by atoms with Gasteiger partial charge in [0.1, 0.15) is 0 Å². The first-order chi connectivity index (χ1) is 8.38. The number of nitrogens with two attached hydrogens (primary N) is 1. The predicted molar refractivity (Wildman–Crippen MR) is 76.4 cm³/mol. The molecule has 0 saturated heterocycles. The summed E-state index contributed by atoms with van der Waals surface area (Å²) in [6.45, 7) is 4.45. The molecule has 0 aliphatic carbocycles. The van der Waals surface area contributed by atoms with Crippen LogP contribution in [0.2, 0.25) is 0 Å². The van der Waals surface area contributed by atoms with Crippen molar-refractivity contribution >= 4 is 15.7 Å². The zero-order valence-electron chi connectivity index (χ0n) is 11.3. The number of hydrogen-bond donors (Lipinski definition) is 1. The van der Waals surface area contributed by atoms with Crippen LogP contribution in [0.3, 0.4) is 0 Å². The Morgan fingerprint density at radius 3 is 2.44 bits per heavy atom. The van der Waals surface area contributed by atoms with Crippen LogP contribution in [0.15, 0.2) is 18.2 Å². The predicted octanol–water partition coefficient (Wildman–Crippen LogP) is 1.81. The first-order valence-electron chi connectivity index (χ1n) is 6.12. The van der Waals surface area contributed by atoms with Crippen molar-refractivity contribution in [3.8, 4) is 0 Å². The number of hydrogen-bond acceptors (Lipinski definition) is 3. The van der Waals surface area contributed by atoms with Gasteiger partial charge in [-0.15, -0.1) is 0 Å². The highest BCUT2D eigenvalue weighted by Crippen LogP contribution is 2.22. The summed E-state index contributed by atoms with van der Waals surface area (Å²) in [5.74, 6) is 0.147. The van der Waals surface area contributed by atoms with Crippen molar-refractivity contribution in [2.24, 2.45) is 5.73 Å². The molecule has 0 spiro atoms. The first-order valence-corrected chi connectivity index (χ1v) is 7.73. The lowest BCUT2D eigenvalue weighted by Gasteiger charge is -2.21. The summed E-state index contributed by atoms with van der Waals surface area (Å²) in [4.78, 5) is 0. The molecule has 0 aliphatic heterocycles. The smallest absolute Gasteiger partial charge is 0.234 e. The average molecular weight is 270 g/mol. The van der Waals surface area contributed by atoms with E-state index in [9.17, 15) is 8.42 Å². The largest absolute Gasteiger partial charge is 0.330 e. The van der Waals surface area contributed by atoms with E-state index in [0.717, 1.165) is 23.2 Å². The molecule has 0 saturated carbocycles. The standard InChI is InChI=1S/C13H22N2O2S/c1-11-6-7-13(12(2)10-11)15(3)18(16,17)9-5-4-8-14/h6-7,10H,4-5,8-9,14H2,1-3H3. The molecular weight excluding hydrogens is 248 g/mol. The van der Waals surface area contributed by atoms with Crippen LogP contribution in [0.5, 0.6) is 0 Å². The second kappa shape index (κ2) is 6.20. The van der Waals surface area contributed by atoms with Crippen molar-refractivity contribution in [3.63, 3.8) is 0 Å². The monoisotopic (exact) mass is 270 g/mol. The Morgan fingerprint density at radius 1 is 1.22 bits per heavy atom. The normalized spacial score (nSPS) is 11.6. The summed E-state index contributed by atoms with van der Waals surface area (Å²) in [5, 5.41) is 0. The Balaban J connectivity index is 2.88. The van der Waals surface area contributed by atoms with Crippen molar-refractivity contribution in [2.45, 2.75) is 26.7 Å². The van der Waals surface area contributed by atoms with Crippen LogP contribution in [-0.2, 0) is 10.0 Å². The van der Waals surface area contributed by atoms with Gasteiger partial charge in [0.15, 0.2) is 0 Å². The second-order valence-corrected chi connectivity index (χ2v) is 6.69. The number of benzene rings is 1. The topological polar surface area (TPSA) is 63.4 Å². The molecule has 0 unspecified atom stereocenters. The Bertz CT molecular complexity index is 498. The van der Waals surface area contributed by atoms with Gasteiger partial charge in [0.25, 0.3) is 0 Å². The number of anilines is 1. The fourth-order valence-electron chi connectivity index (χ4n) is 1.87. The van der Waals surface area contributed by atoms with Crippen LogP contribution >= 0.6 is 0 Å². The van der Waals surface area contributed by atoms with Crippen LogP contribution in [0, 0.1) is 13.8 Å². The number of rotatable bonds is 6. The number of aryl methyl sites for hydroxylation is 2. The minimum absolute atomic E-state index is 0.147. The molecule has 5 heteroatoms. The van der Waals surface area contributed by atoms with Gasteiger partial charge in [-0.3, -0.25) is 4.31 Å². The number of sulfonamides is 1. The van der Waals surface area contributed by atoms with Crippen LogP contribution in [-0.4, -0.2) is 27.8 Å². The molecule has 18 heavy (non-hydrogen) atoms. The SMILES string of the molecule is Cc1ccc(N(C)S(=O)(=O)CCCCN)c(C)c1. The molecule has 0 radical (unpaired) electrons. The molecular formula is C13H22N2O2S. The second-order valence-electron chi connectivity index (χ2n) is 4.57. The molecule has 4 nitrogen and oxygen atoms in total. The number of unbranched alkanes of at least 4 members (excludes halogenated alkanes) is 1. The van der Waals surface area contributed by atoms with Gasteiger partial charge in [-0.1, -0.05) is 17.7 Å². The van der Waals surface area contributed by atoms with E-state index in [2.05, 4.69) is 0 Å². The van der Waals surface area contributed by atoms with Gasteiger partial charge < -0.3 is 5.73 Å². The molecule has 102 valence electrons. The third-order valence-electron chi connectivity index (χ3n) is 2.97. The molecule has 1 rings (SSSR count). The Labute approximate surface area is 110 Å². The van der Waals surface area contributed by atoms with E-state index in [1.807, 2.05) is 32.0 Å². The molecule has 0 heterocycles. The van der Waals surface area contributed by atoms with Gasteiger partial charge in [0, 0.05) is 7.05 Å². The Hall–Kier alpha value is -1.07. The van der Waals surface area contributed by atoms with E-state index in [-0.39, 0.29) is 5.75 Å². The Kier molecular flexibility index (Phi) is 5.16. The molecule has 0 atom stereocenters. The highest BCUT2D eigenvalue weighted by atomic mass is 32.2. The van der Waals surface area contributed by atoms with Crippen LogP contribution in [0.1, 0.15) is 24.0 Å². The van der Waals surface area contributed by atoms with Crippen molar-refractivity contribution < 1.29 is 8.42 Å². The maximum atomic E-state index is 12.1. The summed E-state index contributed by atoms with van der Waals surface area (Å²) in [6.07, 6.45) is 1.34. The van der Waals surface area contributed by atoms with Gasteiger partial charge in [-0.05, 0) is 44.9 Å². The summed E-state index contributed by atoms with van der Waals surface area (Å²) in [7, 11) is -1.64. The van der Waals surface area contributed by atoms with Gasteiger partial charge in [0.2, 0.25) is 10.0 Å². The minimum atomic E-state index is -3.24. The van der Waals surface area contributed by atoms with Crippen LogP contribution in [0.25, 0.3) is 0 Å². The van der Waals surface area contributed by atoms with Crippen molar-refractivity contribution in [3.05, 3.63) is 29.3 Å². The van der Waals surface area contributed by atoms with E-state index >= 15 is 0 Å². The first kappa shape index (κ1) is 15.0. The van der Waals surface area contributed by atoms with E-state index in [4.69, 9.17) is 5.73 Å². The zero-order chi connectivity index (χ0) is 13.8. The molecule has 0 aromatic heterocycles. The molecule has 2 N–H and O–H groups in total. The molecule has 0 bridgehead atoms. The van der Waals surface area contributed by atoms with E-state index in [1.54, 1.807) is 7.05 Å². The molecule has 0 aliphatic rings. The summed E-state index contributed by atoms with van der Waals surface area (Å²) in [5.41, 5.74) is 8.22. The number of nitrogens with zero attached hydrogens (tertiary/aromatic N) is 1. The Morgan fingerprint density at radius 2 is 1.89 bits per heavy atom. The van der Waals surface area contributed by atoms with Crippen molar-refractivity contribution in [2.75, 3.05) is 23.7 Å². The van der Waals surface area contributed by atoms with Gasteiger partial charge in [-0.2, -0.15) is 0 Å². The lowest BCUT2D eigenvalue weighted by molar-refractivity contribution is 0.590. The van der Waals surface area contributed by atoms with E-state index < -0.39 is 10.0 Å². The molecule has 1 aromatic rings. The third kappa shape index (κ3) is 3.71. The fourth-order valence-corrected chi connectivity index (χ4v) is 3.22. The third-order valence-corrected chi connectivity index (χ3v) is 4.80. The maximum Gasteiger partial charge on any atom is 0.234 e.